The van der Waals surface area contributed by atoms with Gasteiger partial charge < -0.3 is 9.84 Å². The van der Waals surface area contributed by atoms with E-state index in [1.54, 1.807) is 7.11 Å². The lowest BCUT2D eigenvalue weighted by Crippen LogP contribution is -2.64. The zero-order valence-electron chi connectivity index (χ0n) is 16.9. The predicted octanol–water partition coefficient (Wildman–Crippen LogP) is 3.53. The smallest absolute Gasteiger partial charge is 0.123 e. The lowest BCUT2D eigenvalue weighted by atomic mass is 9.69. The van der Waals surface area contributed by atoms with Gasteiger partial charge in [-0.05, 0) is 75.9 Å². The number of hydrogen-bond donors (Lipinski definition) is 1. The molecule has 0 amide bonds. The first-order valence-electron chi connectivity index (χ1n) is 11.0. The second-order valence-corrected chi connectivity index (χ2v) is 8.76. The number of ether oxygens (including phenoxy) is 1. The van der Waals surface area contributed by atoms with Crippen LogP contribution in [-0.2, 0) is 6.54 Å². The molecule has 1 N–H and O–H groups in total. The van der Waals surface area contributed by atoms with E-state index in [1.807, 2.05) is 0 Å². The number of piperidine rings is 3. The molecule has 0 spiro atoms. The fourth-order valence-corrected chi connectivity index (χ4v) is 6.18. The van der Waals surface area contributed by atoms with E-state index in [0.717, 1.165) is 43.0 Å². The highest BCUT2D eigenvalue weighted by Crippen LogP contribution is 2.44. The van der Waals surface area contributed by atoms with Crippen molar-refractivity contribution in [2.24, 2.45) is 11.8 Å². The molecule has 0 saturated carbocycles. The molecule has 4 heteroatoms. The molecule has 0 aromatic heterocycles. The number of methoxy groups -OCH3 is 1. The summed E-state index contributed by atoms with van der Waals surface area (Å²) >= 11 is 0. The highest BCUT2D eigenvalue weighted by Gasteiger charge is 2.48. The van der Waals surface area contributed by atoms with E-state index in [1.165, 1.54) is 57.3 Å². The van der Waals surface area contributed by atoms with Gasteiger partial charge in [-0.3, -0.25) is 9.80 Å². The number of benzene rings is 1. The molecule has 0 aliphatic carbocycles. The Bertz CT molecular complexity index is 606. The largest absolute Gasteiger partial charge is 0.496 e. The number of likely N-dealkylation sites (tertiary alicyclic amines) is 1. The summed E-state index contributed by atoms with van der Waals surface area (Å²) < 4.78 is 5.64. The van der Waals surface area contributed by atoms with Gasteiger partial charge in [0.1, 0.15) is 5.75 Å². The van der Waals surface area contributed by atoms with Crippen molar-refractivity contribution in [1.29, 1.82) is 0 Å². The Morgan fingerprint density at radius 2 is 1.93 bits per heavy atom. The monoisotopic (exact) mass is 372 g/mol. The molecule has 4 nitrogen and oxygen atoms in total. The minimum absolute atomic E-state index is 0.322. The molecule has 1 aromatic carbocycles. The van der Waals surface area contributed by atoms with Crippen LogP contribution in [0.5, 0.6) is 5.75 Å². The van der Waals surface area contributed by atoms with Gasteiger partial charge in [-0.2, -0.15) is 0 Å². The molecule has 1 aromatic rings. The molecule has 3 heterocycles. The fraction of sp³-hybridized carbons (Fsp3) is 0.739. The van der Waals surface area contributed by atoms with E-state index in [4.69, 9.17) is 4.74 Å². The molecule has 4 rings (SSSR count). The van der Waals surface area contributed by atoms with Crippen molar-refractivity contribution in [3.8, 4) is 5.75 Å². The zero-order valence-corrected chi connectivity index (χ0v) is 16.9. The maximum absolute atomic E-state index is 9.29. The number of hydrogen-bond acceptors (Lipinski definition) is 4. The molecular formula is C23H36N2O2. The van der Waals surface area contributed by atoms with Crippen molar-refractivity contribution in [3.63, 3.8) is 0 Å². The number of aliphatic hydroxyl groups excluding tert-OH is 1. The number of nitrogens with zero attached hydrogens (tertiary/aromatic N) is 2. The first-order chi connectivity index (χ1) is 13.3. The molecule has 150 valence electrons. The molecule has 3 fully saturated rings. The third-order valence-corrected chi connectivity index (χ3v) is 7.25. The summed E-state index contributed by atoms with van der Waals surface area (Å²) in [6, 6.07) is 9.96. The van der Waals surface area contributed by atoms with Gasteiger partial charge >= 0.3 is 0 Å². The van der Waals surface area contributed by atoms with Crippen LogP contribution in [0.1, 0.15) is 50.5 Å². The fourth-order valence-electron chi connectivity index (χ4n) is 6.18. The van der Waals surface area contributed by atoms with Crippen molar-refractivity contribution in [3.05, 3.63) is 29.8 Å². The van der Waals surface area contributed by atoms with Crippen molar-refractivity contribution in [2.75, 3.05) is 33.4 Å². The minimum atomic E-state index is 0.322. The summed E-state index contributed by atoms with van der Waals surface area (Å²) in [5, 5.41) is 9.29. The predicted molar refractivity (Wildman–Crippen MR) is 109 cm³/mol. The Morgan fingerprint density at radius 3 is 2.74 bits per heavy atom. The summed E-state index contributed by atoms with van der Waals surface area (Å²) in [6.45, 7) is 5.16. The topological polar surface area (TPSA) is 35.9 Å². The Balaban J connectivity index is 1.57. The van der Waals surface area contributed by atoms with Gasteiger partial charge in [0.2, 0.25) is 0 Å². The van der Waals surface area contributed by atoms with E-state index in [-0.39, 0.29) is 0 Å². The van der Waals surface area contributed by atoms with Crippen molar-refractivity contribution in [1.82, 2.24) is 9.80 Å². The van der Waals surface area contributed by atoms with Crippen LogP contribution in [0.2, 0.25) is 0 Å². The first-order valence-corrected chi connectivity index (χ1v) is 11.0. The molecule has 27 heavy (non-hydrogen) atoms. The van der Waals surface area contributed by atoms with Crippen LogP contribution in [-0.4, -0.2) is 60.3 Å². The van der Waals surface area contributed by atoms with Gasteiger partial charge in [0.05, 0.1) is 7.11 Å². The number of unbranched alkanes of at least 4 members (excludes halogenated alkanes) is 1. The van der Waals surface area contributed by atoms with Crippen molar-refractivity contribution >= 4 is 0 Å². The average Bonchev–Trinajstić information content (AvgIpc) is 2.71. The van der Waals surface area contributed by atoms with Gasteiger partial charge in [0.25, 0.3) is 0 Å². The SMILES string of the molecule is COc1ccccc1CN1C[C@H]2CCCN3CCC[C@@H]([C@H]23)[C@H]1CCCCO. The van der Waals surface area contributed by atoms with E-state index in [2.05, 4.69) is 34.1 Å². The second-order valence-electron chi connectivity index (χ2n) is 8.76. The van der Waals surface area contributed by atoms with Crippen molar-refractivity contribution in [2.45, 2.75) is 63.6 Å². The average molecular weight is 373 g/mol. The molecule has 3 saturated heterocycles. The van der Waals surface area contributed by atoms with Gasteiger partial charge in [-0.1, -0.05) is 18.2 Å². The van der Waals surface area contributed by atoms with Gasteiger partial charge in [-0.25, -0.2) is 0 Å². The summed E-state index contributed by atoms with van der Waals surface area (Å²) in [5.74, 6) is 2.64. The highest BCUT2D eigenvalue weighted by atomic mass is 16.5. The Labute approximate surface area is 164 Å². The molecule has 3 aliphatic rings. The van der Waals surface area contributed by atoms with E-state index in [9.17, 15) is 5.11 Å². The Morgan fingerprint density at radius 1 is 1.11 bits per heavy atom. The number of aliphatic hydroxyl groups is 1. The van der Waals surface area contributed by atoms with Crippen LogP contribution in [0.3, 0.4) is 0 Å². The number of para-hydroxylation sites is 1. The van der Waals surface area contributed by atoms with Crippen LogP contribution in [0, 0.1) is 11.8 Å². The third kappa shape index (κ3) is 4.03. The van der Waals surface area contributed by atoms with Crippen LogP contribution in [0.15, 0.2) is 24.3 Å². The standard InChI is InChI=1S/C23H36N2O2/c1-27-22-12-3-2-8-18(22)16-25-17-19-9-6-13-24-14-7-10-20(23(19)24)21(25)11-4-5-15-26/h2-3,8,12,19-21,23,26H,4-7,9-11,13-17H2,1H3/t19-,20-,21-,23+/m1/s1. The normalized spacial score (nSPS) is 31.5. The van der Waals surface area contributed by atoms with E-state index >= 15 is 0 Å². The van der Waals surface area contributed by atoms with Crippen LogP contribution >= 0.6 is 0 Å². The van der Waals surface area contributed by atoms with Crippen LogP contribution < -0.4 is 4.74 Å². The van der Waals surface area contributed by atoms with Crippen LogP contribution in [0.25, 0.3) is 0 Å². The molecule has 0 radical (unpaired) electrons. The summed E-state index contributed by atoms with van der Waals surface area (Å²) in [6.07, 6.45) is 8.78. The summed E-state index contributed by atoms with van der Waals surface area (Å²) in [4.78, 5) is 5.59. The van der Waals surface area contributed by atoms with Gasteiger partial charge in [0, 0.05) is 37.3 Å². The maximum atomic E-state index is 9.29. The summed E-state index contributed by atoms with van der Waals surface area (Å²) in [5.41, 5.74) is 1.31. The zero-order chi connectivity index (χ0) is 18.6. The first kappa shape index (κ1) is 19.2. The third-order valence-electron chi connectivity index (χ3n) is 7.25. The van der Waals surface area contributed by atoms with E-state index < -0.39 is 0 Å². The molecular weight excluding hydrogens is 336 g/mol. The lowest BCUT2D eigenvalue weighted by molar-refractivity contribution is -0.0814. The van der Waals surface area contributed by atoms with Gasteiger partial charge in [-0.15, -0.1) is 0 Å². The Kier molecular flexibility index (Phi) is 6.36. The number of rotatable bonds is 7. The molecule has 0 bridgehead atoms. The van der Waals surface area contributed by atoms with Crippen molar-refractivity contribution < 1.29 is 9.84 Å². The maximum Gasteiger partial charge on any atom is 0.123 e. The highest BCUT2D eigenvalue weighted by molar-refractivity contribution is 5.33. The molecule has 3 aliphatic heterocycles. The van der Waals surface area contributed by atoms with Gasteiger partial charge in [0.15, 0.2) is 0 Å². The second kappa shape index (κ2) is 8.93. The van der Waals surface area contributed by atoms with Crippen LogP contribution in [0.4, 0.5) is 0 Å². The summed E-state index contributed by atoms with van der Waals surface area (Å²) in [7, 11) is 1.78. The lowest BCUT2D eigenvalue weighted by Gasteiger charge is -2.57. The van der Waals surface area contributed by atoms with E-state index in [0.29, 0.717) is 12.6 Å². The molecule has 0 unspecified atom stereocenters. The quantitative estimate of drug-likeness (QED) is 0.743. The minimum Gasteiger partial charge on any atom is -0.496 e. The Hall–Kier alpha value is -1.10. The molecule has 4 atom stereocenters.